The van der Waals surface area contributed by atoms with Crippen molar-refractivity contribution < 1.29 is 9.53 Å². The van der Waals surface area contributed by atoms with Gasteiger partial charge in [-0.1, -0.05) is 12.1 Å². The van der Waals surface area contributed by atoms with Crippen molar-refractivity contribution in [3.05, 3.63) is 32.9 Å². The number of carbonyl (C=O) groups excluding carboxylic acids is 1. The Balaban J connectivity index is 2.12. The van der Waals surface area contributed by atoms with Crippen LogP contribution in [0.3, 0.4) is 0 Å². The van der Waals surface area contributed by atoms with Gasteiger partial charge in [0.25, 0.3) is 0 Å². The minimum Gasteiger partial charge on any atom is -0.462 e. The number of rotatable bonds is 4. The Morgan fingerprint density at radius 2 is 2.35 bits per heavy atom. The molecule has 0 spiro atoms. The molecule has 1 fully saturated rings. The van der Waals surface area contributed by atoms with Crippen LogP contribution in [0.2, 0.25) is 0 Å². The highest BCUT2D eigenvalue weighted by Gasteiger charge is 2.19. The second kappa shape index (κ2) is 7.38. The number of nitrogens with one attached hydrogen (secondary N) is 1. The maximum absolute atomic E-state index is 11.9. The fourth-order valence-corrected chi connectivity index (χ4v) is 3.22. The molecule has 0 bridgehead atoms. The molecule has 1 aromatic rings. The van der Waals surface area contributed by atoms with E-state index < -0.39 is 0 Å². The van der Waals surface area contributed by atoms with Crippen molar-refractivity contribution in [3.8, 4) is 0 Å². The van der Waals surface area contributed by atoms with Crippen molar-refractivity contribution in [1.82, 2.24) is 10.2 Å². The van der Waals surface area contributed by atoms with Gasteiger partial charge < -0.3 is 10.1 Å². The van der Waals surface area contributed by atoms with Crippen molar-refractivity contribution in [2.24, 2.45) is 0 Å². The topological polar surface area (TPSA) is 41.6 Å². The van der Waals surface area contributed by atoms with Gasteiger partial charge in [-0.15, -0.1) is 0 Å². The number of hydrogen-bond donors (Lipinski definition) is 1. The van der Waals surface area contributed by atoms with Crippen molar-refractivity contribution in [3.63, 3.8) is 0 Å². The summed E-state index contributed by atoms with van der Waals surface area (Å²) in [6, 6.07) is 6.39. The molecule has 1 heterocycles. The van der Waals surface area contributed by atoms with Crippen molar-refractivity contribution >= 4 is 28.6 Å². The number of carbonyl (C=O) groups is 1. The highest BCUT2D eigenvalue weighted by molar-refractivity contribution is 14.1. The van der Waals surface area contributed by atoms with Gasteiger partial charge in [0.2, 0.25) is 0 Å². The molecule has 0 aliphatic carbocycles. The maximum Gasteiger partial charge on any atom is 0.339 e. The van der Waals surface area contributed by atoms with E-state index in [9.17, 15) is 4.79 Å². The fourth-order valence-electron chi connectivity index (χ4n) is 2.47. The number of nitrogens with zero attached hydrogens (tertiary/aromatic N) is 1. The molecule has 1 aliphatic heterocycles. The van der Waals surface area contributed by atoms with Gasteiger partial charge in [0.15, 0.2) is 0 Å². The lowest BCUT2D eigenvalue weighted by molar-refractivity contribution is 0.0524. The van der Waals surface area contributed by atoms with Crippen LogP contribution in [0, 0.1) is 3.57 Å². The van der Waals surface area contributed by atoms with Gasteiger partial charge in [0, 0.05) is 35.8 Å². The summed E-state index contributed by atoms with van der Waals surface area (Å²) in [4.78, 5) is 14.3. The first-order valence-corrected chi connectivity index (χ1v) is 8.10. The number of hydrogen-bond acceptors (Lipinski definition) is 4. The van der Waals surface area contributed by atoms with E-state index in [1.54, 1.807) is 0 Å². The van der Waals surface area contributed by atoms with Gasteiger partial charge in [-0.2, -0.15) is 0 Å². The second-order valence-electron chi connectivity index (χ2n) is 5.09. The molecule has 1 atom stereocenters. The summed E-state index contributed by atoms with van der Waals surface area (Å²) in [5.74, 6) is -0.229. The average Bonchev–Trinajstić information content (AvgIpc) is 2.41. The van der Waals surface area contributed by atoms with Crippen LogP contribution in [0.25, 0.3) is 0 Å². The molecule has 1 aromatic carbocycles. The first-order valence-electron chi connectivity index (χ1n) is 7.02. The molecule has 5 heteroatoms. The lowest BCUT2D eigenvalue weighted by atomic mass is 10.1. The monoisotopic (exact) mass is 388 g/mol. The number of piperazine rings is 1. The molecule has 1 aliphatic rings. The zero-order chi connectivity index (χ0) is 14.5. The zero-order valence-electron chi connectivity index (χ0n) is 12.0. The maximum atomic E-state index is 11.9. The molecule has 0 unspecified atom stereocenters. The van der Waals surface area contributed by atoms with Crippen LogP contribution in [0.15, 0.2) is 18.2 Å². The predicted octanol–water partition coefficient (Wildman–Crippen LogP) is 2.26. The van der Waals surface area contributed by atoms with Crippen molar-refractivity contribution in [2.45, 2.75) is 26.4 Å². The number of halogens is 1. The molecule has 0 saturated carbocycles. The summed E-state index contributed by atoms with van der Waals surface area (Å²) in [6.07, 6.45) is 0. The Kier molecular flexibility index (Phi) is 5.80. The predicted molar refractivity (Wildman–Crippen MR) is 87.9 cm³/mol. The normalized spacial score (nSPS) is 19.9. The standard InChI is InChI=1S/C15H21IN2O2/c1-3-20-15(19)13-6-4-5-12(14(13)16)10-18-8-7-17-11(2)9-18/h4-6,11,17H,3,7-10H2,1-2H3/t11-/m0/s1. The van der Waals surface area contributed by atoms with Crippen LogP contribution >= 0.6 is 22.6 Å². The Morgan fingerprint density at radius 1 is 1.55 bits per heavy atom. The smallest absolute Gasteiger partial charge is 0.339 e. The molecule has 20 heavy (non-hydrogen) atoms. The average molecular weight is 388 g/mol. The highest BCUT2D eigenvalue weighted by Crippen LogP contribution is 2.20. The van der Waals surface area contributed by atoms with Crippen LogP contribution in [0.1, 0.15) is 29.8 Å². The summed E-state index contributed by atoms with van der Waals surface area (Å²) in [5, 5.41) is 3.44. The lowest BCUT2D eigenvalue weighted by Gasteiger charge is -2.32. The van der Waals surface area contributed by atoms with E-state index in [2.05, 4.69) is 45.8 Å². The van der Waals surface area contributed by atoms with Crippen LogP contribution < -0.4 is 5.32 Å². The van der Waals surface area contributed by atoms with Gasteiger partial charge in [0.05, 0.1) is 12.2 Å². The number of benzene rings is 1. The number of ether oxygens (including phenoxy) is 1. The molecule has 1 N–H and O–H groups in total. The molecular weight excluding hydrogens is 367 g/mol. The van der Waals surface area contributed by atoms with Crippen LogP contribution in [-0.4, -0.2) is 43.2 Å². The SMILES string of the molecule is CCOC(=O)c1cccc(CN2CCN[C@@H](C)C2)c1I. The molecule has 110 valence electrons. The summed E-state index contributed by atoms with van der Waals surface area (Å²) in [5.41, 5.74) is 1.87. The Morgan fingerprint density at radius 3 is 3.05 bits per heavy atom. The van der Waals surface area contributed by atoms with Crippen LogP contribution in [0.5, 0.6) is 0 Å². The van der Waals surface area contributed by atoms with Crippen molar-refractivity contribution in [1.29, 1.82) is 0 Å². The summed E-state index contributed by atoms with van der Waals surface area (Å²) >= 11 is 2.25. The molecule has 0 aromatic heterocycles. The molecule has 2 rings (SSSR count). The van der Waals surface area contributed by atoms with Crippen molar-refractivity contribution in [2.75, 3.05) is 26.2 Å². The minimum absolute atomic E-state index is 0.229. The quantitative estimate of drug-likeness (QED) is 0.635. The third kappa shape index (κ3) is 3.93. The van der Waals surface area contributed by atoms with Gasteiger partial charge in [0.1, 0.15) is 0 Å². The zero-order valence-corrected chi connectivity index (χ0v) is 14.1. The van der Waals surface area contributed by atoms with Gasteiger partial charge in [-0.05, 0) is 48.1 Å². The van der Waals surface area contributed by atoms with E-state index in [1.165, 1.54) is 5.56 Å². The summed E-state index contributed by atoms with van der Waals surface area (Å²) in [6.45, 7) is 8.44. The first-order chi connectivity index (χ1) is 9.61. The van der Waals surface area contributed by atoms with E-state index in [4.69, 9.17) is 4.74 Å². The minimum atomic E-state index is -0.229. The van der Waals surface area contributed by atoms with Gasteiger partial charge >= 0.3 is 5.97 Å². The third-order valence-electron chi connectivity index (χ3n) is 3.42. The number of esters is 1. The molecular formula is C15H21IN2O2. The van der Waals surface area contributed by atoms with E-state index in [-0.39, 0.29) is 5.97 Å². The summed E-state index contributed by atoms with van der Waals surface area (Å²) in [7, 11) is 0. The lowest BCUT2D eigenvalue weighted by Crippen LogP contribution is -2.48. The Bertz CT molecular complexity index is 479. The van der Waals surface area contributed by atoms with Crippen LogP contribution in [0.4, 0.5) is 0 Å². The molecule has 4 nitrogen and oxygen atoms in total. The van der Waals surface area contributed by atoms with Crippen LogP contribution in [-0.2, 0) is 11.3 Å². The van der Waals surface area contributed by atoms with Gasteiger partial charge in [-0.3, -0.25) is 4.90 Å². The van der Waals surface area contributed by atoms with Gasteiger partial charge in [-0.25, -0.2) is 4.79 Å². The Hall–Kier alpha value is -0.660. The van der Waals surface area contributed by atoms with E-state index in [0.29, 0.717) is 18.2 Å². The fraction of sp³-hybridized carbons (Fsp3) is 0.533. The summed E-state index contributed by atoms with van der Waals surface area (Å²) < 4.78 is 6.11. The molecule has 0 amide bonds. The second-order valence-corrected chi connectivity index (χ2v) is 6.17. The third-order valence-corrected chi connectivity index (χ3v) is 4.69. The first kappa shape index (κ1) is 15.7. The largest absolute Gasteiger partial charge is 0.462 e. The molecule has 0 radical (unpaired) electrons. The van der Waals surface area contributed by atoms with E-state index >= 15 is 0 Å². The highest BCUT2D eigenvalue weighted by atomic mass is 127. The molecule has 1 saturated heterocycles. The van der Waals surface area contributed by atoms with E-state index in [1.807, 2.05) is 19.1 Å². The Labute approximate surface area is 134 Å². The van der Waals surface area contributed by atoms with E-state index in [0.717, 1.165) is 29.7 Å².